The van der Waals surface area contributed by atoms with Crippen molar-refractivity contribution in [2.24, 2.45) is 5.41 Å². The van der Waals surface area contributed by atoms with Crippen molar-refractivity contribution in [2.75, 3.05) is 0 Å². The second kappa shape index (κ2) is 4.95. The lowest BCUT2D eigenvalue weighted by Gasteiger charge is -2.27. The smallest absolute Gasteiger partial charge is 0.311 e. The van der Waals surface area contributed by atoms with Crippen LogP contribution in [-0.2, 0) is 4.79 Å². The Morgan fingerprint density at radius 3 is 2.95 bits per heavy atom. The molecule has 0 radical (unpaired) electrons. The second-order valence-electron chi connectivity index (χ2n) is 5.00. The Hall–Kier alpha value is -1.98. The first-order chi connectivity index (χ1) is 8.95. The Labute approximate surface area is 109 Å². The molecule has 2 rings (SSSR count). The predicted molar refractivity (Wildman–Crippen MR) is 65.0 cm³/mol. The Kier molecular flexibility index (Phi) is 3.50. The number of carboxylic acids is 1. The maximum absolute atomic E-state index is 13.4. The third-order valence-corrected chi connectivity index (χ3v) is 3.77. The molecular formula is C13H15FN2O3. The van der Waals surface area contributed by atoms with Gasteiger partial charge in [0.05, 0.1) is 17.2 Å². The van der Waals surface area contributed by atoms with E-state index in [0.29, 0.717) is 12.8 Å². The number of halogens is 1. The van der Waals surface area contributed by atoms with Gasteiger partial charge in [0.25, 0.3) is 5.91 Å². The molecule has 1 saturated carbocycles. The van der Waals surface area contributed by atoms with Gasteiger partial charge in [-0.15, -0.1) is 0 Å². The topological polar surface area (TPSA) is 79.3 Å². The summed E-state index contributed by atoms with van der Waals surface area (Å²) in [5, 5.41) is 11.9. The summed E-state index contributed by atoms with van der Waals surface area (Å²) in [7, 11) is 0. The SMILES string of the molecule is CC1(C(=O)O)CCCC1NC(=O)c1ccncc1F. The minimum atomic E-state index is -0.987. The van der Waals surface area contributed by atoms with Crippen LogP contribution in [0, 0.1) is 11.2 Å². The van der Waals surface area contributed by atoms with Crippen molar-refractivity contribution >= 4 is 11.9 Å². The van der Waals surface area contributed by atoms with Crippen LogP contribution >= 0.6 is 0 Å². The third kappa shape index (κ3) is 2.43. The fraction of sp³-hybridized carbons (Fsp3) is 0.462. The number of pyridine rings is 1. The number of hydrogen-bond acceptors (Lipinski definition) is 3. The molecule has 0 bridgehead atoms. The van der Waals surface area contributed by atoms with Gasteiger partial charge in [0, 0.05) is 12.2 Å². The average Bonchev–Trinajstić information content (AvgIpc) is 2.73. The van der Waals surface area contributed by atoms with Gasteiger partial charge in [-0.2, -0.15) is 0 Å². The summed E-state index contributed by atoms with van der Waals surface area (Å²) in [6, 6.07) is 0.794. The van der Waals surface area contributed by atoms with E-state index in [2.05, 4.69) is 10.3 Å². The lowest BCUT2D eigenvalue weighted by atomic mass is 9.85. The van der Waals surface area contributed by atoms with E-state index in [-0.39, 0.29) is 5.56 Å². The zero-order valence-electron chi connectivity index (χ0n) is 10.5. The Morgan fingerprint density at radius 1 is 1.58 bits per heavy atom. The fourth-order valence-electron chi connectivity index (χ4n) is 2.45. The van der Waals surface area contributed by atoms with Crippen LogP contribution in [0.3, 0.4) is 0 Å². The number of rotatable bonds is 3. The van der Waals surface area contributed by atoms with E-state index in [9.17, 15) is 19.1 Å². The van der Waals surface area contributed by atoms with E-state index in [4.69, 9.17) is 0 Å². The highest BCUT2D eigenvalue weighted by Crippen LogP contribution is 2.38. The first-order valence-electron chi connectivity index (χ1n) is 6.09. The molecule has 19 heavy (non-hydrogen) atoms. The number of nitrogens with zero attached hydrogens (tertiary/aromatic N) is 1. The molecule has 102 valence electrons. The maximum Gasteiger partial charge on any atom is 0.311 e. The number of nitrogens with one attached hydrogen (secondary N) is 1. The minimum Gasteiger partial charge on any atom is -0.481 e. The quantitative estimate of drug-likeness (QED) is 0.870. The molecule has 2 atom stereocenters. The molecule has 1 aromatic heterocycles. The first-order valence-corrected chi connectivity index (χ1v) is 6.09. The van der Waals surface area contributed by atoms with Gasteiger partial charge in [0.15, 0.2) is 5.82 Å². The molecule has 1 aromatic rings. The number of aromatic nitrogens is 1. The van der Waals surface area contributed by atoms with E-state index in [0.717, 1.165) is 12.6 Å². The summed E-state index contributed by atoms with van der Waals surface area (Å²) in [6.07, 6.45) is 4.10. The normalized spacial score (nSPS) is 26.1. The number of carbonyl (C=O) groups is 2. The molecule has 1 heterocycles. The van der Waals surface area contributed by atoms with Gasteiger partial charge in [0.1, 0.15) is 0 Å². The minimum absolute atomic E-state index is 0.116. The zero-order valence-corrected chi connectivity index (χ0v) is 10.5. The molecule has 0 spiro atoms. The van der Waals surface area contributed by atoms with Gasteiger partial charge in [0.2, 0.25) is 0 Å². The van der Waals surface area contributed by atoms with Crippen molar-refractivity contribution in [1.29, 1.82) is 0 Å². The van der Waals surface area contributed by atoms with Crippen LogP contribution in [0.5, 0.6) is 0 Å². The van der Waals surface area contributed by atoms with Crippen molar-refractivity contribution in [3.05, 3.63) is 29.8 Å². The van der Waals surface area contributed by atoms with Crippen LogP contribution in [-0.4, -0.2) is 28.0 Å². The standard InChI is InChI=1S/C13H15FN2O3/c1-13(12(18)19)5-2-3-10(13)16-11(17)8-4-6-15-7-9(8)14/h4,6-7,10H,2-3,5H2,1H3,(H,16,17)(H,18,19). The summed E-state index contributed by atoms with van der Waals surface area (Å²) in [5.74, 6) is -2.25. The first kappa shape index (κ1) is 13.5. The van der Waals surface area contributed by atoms with E-state index in [1.54, 1.807) is 6.92 Å². The number of carbonyl (C=O) groups excluding carboxylic acids is 1. The van der Waals surface area contributed by atoms with Crippen molar-refractivity contribution in [3.8, 4) is 0 Å². The highest BCUT2D eigenvalue weighted by molar-refractivity contribution is 5.95. The lowest BCUT2D eigenvalue weighted by Crippen LogP contribution is -2.47. The molecule has 1 aliphatic carbocycles. The predicted octanol–water partition coefficient (Wildman–Crippen LogP) is 1.59. The highest BCUT2D eigenvalue weighted by Gasteiger charge is 2.46. The summed E-state index contributed by atoms with van der Waals surface area (Å²) >= 11 is 0. The molecule has 1 fully saturated rings. The van der Waals surface area contributed by atoms with Crippen molar-refractivity contribution < 1.29 is 19.1 Å². The highest BCUT2D eigenvalue weighted by atomic mass is 19.1. The average molecular weight is 266 g/mol. The van der Waals surface area contributed by atoms with Gasteiger partial charge in [-0.1, -0.05) is 6.42 Å². The molecule has 0 aromatic carbocycles. The van der Waals surface area contributed by atoms with Crippen LogP contribution in [0.4, 0.5) is 4.39 Å². The Balaban J connectivity index is 2.16. The van der Waals surface area contributed by atoms with Crippen LogP contribution in [0.15, 0.2) is 18.5 Å². The van der Waals surface area contributed by atoms with E-state index < -0.39 is 29.2 Å². The van der Waals surface area contributed by atoms with Gasteiger partial charge in [-0.05, 0) is 25.8 Å². The van der Waals surface area contributed by atoms with Crippen molar-refractivity contribution in [1.82, 2.24) is 10.3 Å². The molecule has 2 unspecified atom stereocenters. The van der Waals surface area contributed by atoms with Gasteiger partial charge < -0.3 is 10.4 Å². The van der Waals surface area contributed by atoms with Crippen LogP contribution in [0.25, 0.3) is 0 Å². The van der Waals surface area contributed by atoms with Crippen molar-refractivity contribution in [3.63, 3.8) is 0 Å². The number of aliphatic carboxylic acids is 1. The number of hydrogen-bond donors (Lipinski definition) is 2. The fourth-order valence-corrected chi connectivity index (χ4v) is 2.45. The second-order valence-corrected chi connectivity index (χ2v) is 5.00. The molecular weight excluding hydrogens is 251 g/mol. The van der Waals surface area contributed by atoms with Crippen LogP contribution in [0.1, 0.15) is 36.5 Å². The molecule has 1 amide bonds. The molecule has 1 aliphatic rings. The van der Waals surface area contributed by atoms with Gasteiger partial charge in [-0.3, -0.25) is 14.6 Å². The third-order valence-electron chi connectivity index (χ3n) is 3.77. The molecule has 5 nitrogen and oxygen atoms in total. The number of amides is 1. The van der Waals surface area contributed by atoms with Crippen molar-refractivity contribution in [2.45, 2.75) is 32.2 Å². The summed E-state index contributed by atoms with van der Waals surface area (Å²) in [5.41, 5.74) is -1.10. The molecule has 0 saturated heterocycles. The largest absolute Gasteiger partial charge is 0.481 e. The lowest BCUT2D eigenvalue weighted by molar-refractivity contribution is -0.148. The van der Waals surface area contributed by atoms with E-state index >= 15 is 0 Å². The van der Waals surface area contributed by atoms with Gasteiger partial charge >= 0.3 is 5.97 Å². The van der Waals surface area contributed by atoms with Crippen LogP contribution in [0.2, 0.25) is 0 Å². The monoisotopic (exact) mass is 266 g/mol. The Bertz CT molecular complexity index is 520. The van der Waals surface area contributed by atoms with Gasteiger partial charge in [-0.25, -0.2) is 4.39 Å². The maximum atomic E-state index is 13.4. The molecule has 6 heteroatoms. The molecule has 2 N–H and O–H groups in total. The number of carboxylic acid groups (broad SMARTS) is 1. The Morgan fingerprint density at radius 2 is 2.32 bits per heavy atom. The zero-order chi connectivity index (χ0) is 14.0. The van der Waals surface area contributed by atoms with Crippen LogP contribution < -0.4 is 5.32 Å². The summed E-state index contributed by atoms with van der Waals surface area (Å²) in [4.78, 5) is 26.8. The molecule has 0 aliphatic heterocycles. The van der Waals surface area contributed by atoms with E-state index in [1.165, 1.54) is 12.3 Å². The summed E-state index contributed by atoms with van der Waals surface area (Å²) < 4.78 is 13.4. The van der Waals surface area contributed by atoms with E-state index in [1.807, 2.05) is 0 Å². The summed E-state index contributed by atoms with van der Waals surface area (Å²) in [6.45, 7) is 1.61.